The summed E-state index contributed by atoms with van der Waals surface area (Å²) in [5.74, 6) is 0.844. The number of rotatable bonds is 3. The van der Waals surface area contributed by atoms with Crippen LogP contribution in [0, 0.1) is 32.9 Å². The molecule has 1 radical (unpaired) electrons. The van der Waals surface area contributed by atoms with Crippen molar-refractivity contribution in [2.45, 2.75) is 20.8 Å². The van der Waals surface area contributed by atoms with Crippen molar-refractivity contribution in [1.82, 2.24) is 14.4 Å². The van der Waals surface area contributed by atoms with E-state index in [-0.39, 0.29) is 20.1 Å². The smallest absolute Gasteiger partial charge is 0.215 e. The molecule has 0 spiro atoms. The molecule has 3 heterocycles. The van der Waals surface area contributed by atoms with Crippen LogP contribution < -0.4 is 0 Å². The van der Waals surface area contributed by atoms with Gasteiger partial charge in [0.25, 0.3) is 0 Å². The van der Waals surface area contributed by atoms with Crippen molar-refractivity contribution < 1.29 is 24.5 Å². The molecular weight excluding hydrogens is 671 g/mol. The Balaban J connectivity index is 0.000000175. The van der Waals surface area contributed by atoms with Gasteiger partial charge in [0.2, 0.25) is 5.71 Å². The molecule has 7 rings (SSSR count). The molecule has 0 saturated heterocycles. The van der Waals surface area contributed by atoms with Crippen LogP contribution in [0.2, 0.25) is 0 Å². The molecule has 199 valence electrons. The Kier molecular flexibility index (Phi) is 8.06. The van der Waals surface area contributed by atoms with Crippen molar-refractivity contribution in [3.05, 3.63) is 138 Å². The molecule has 4 nitrogen and oxygen atoms in total. The Bertz CT molecular complexity index is 1870. The minimum atomic E-state index is 0. The van der Waals surface area contributed by atoms with E-state index in [0.717, 1.165) is 45.0 Å². The predicted octanol–water partition coefficient (Wildman–Crippen LogP) is 8.69. The molecule has 0 aliphatic heterocycles. The van der Waals surface area contributed by atoms with Crippen LogP contribution >= 0.6 is 0 Å². The number of benzene rings is 4. The van der Waals surface area contributed by atoms with E-state index in [1.165, 1.54) is 22.3 Å². The van der Waals surface area contributed by atoms with E-state index in [2.05, 4.69) is 91.4 Å². The second-order valence-electron chi connectivity index (χ2n) is 9.62. The number of hydrogen-bond acceptors (Lipinski definition) is 3. The van der Waals surface area contributed by atoms with E-state index in [1.54, 1.807) is 6.20 Å². The number of hydrogen-bond donors (Lipinski definition) is 0. The third-order valence-corrected chi connectivity index (χ3v) is 6.82. The Morgan fingerprint density at radius 1 is 0.700 bits per heavy atom. The van der Waals surface area contributed by atoms with E-state index < -0.39 is 0 Å². The summed E-state index contributed by atoms with van der Waals surface area (Å²) in [5, 5.41) is 0. The quantitative estimate of drug-likeness (QED) is 0.174. The zero-order valence-corrected chi connectivity index (χ0v) is 24.9. The van der Waals surface area contributed by atoms with E-state index >= 15 is 0 Å². The van der Waals surface area contributed by atoms with Gasteiger partial charge in [-0.15, -0.1) is 71.3 Å². The molecule has 0 aliphatic carbocycles. The van der Waals surface area contributed by atoms with Crippen molar-refractivity contribution in [3.8, 4) is 33.8 Å². The molecule has 0 amide bonds. The van der Waals surface area contributed by atoms with Gasteiger partial charge in [-0.05, 0) is 48.4 Å². The molecule has 3 aromatic heterocycles. The molecule has 0 saturated carbocycles. The van der Waals surface area contributed by atoms with Gasteiger partial charge in [-0.2, -0.15) is 0 Å². The van der Waals surface area contributed by atoms with Crippen molar-refractivity contribution in [2.24, 2.45) is 0 Å². The second kappa shape index (κ2) is 11.8. The van der Waals surface area contributed by atoms with Crippen LogP contribution in [-0.2, 0) is 20.1 Å². The minimum absolute atomic E-state index is 0. The fourth-order valence-corrected chi connectivity index (χ4v) is 4.50. The maximum Gasteiger partial charge on any atom is 0.215 e. The molecule has 0 fully saturated rings. The summed E-state index contributed by atoms with van der Waals surface area (Å²) in [5.41, 5.74) is 11.6. The summed E-state index contributed by atoms with van der Waals surface area (Å²) >= 11 is 0. The van der Waals surface area contributed by atoms with E-state index in [1.807, 2.05) is 59.1 Å². The van der Waals surface area contributed by atoms with E-state index in [9.17, 15) is 0 Å². The zero-order valence-electron chi connectivity index (χ0n) is 22.5. The average molecular weight is 698 g/mol. The molecule has 0 atom stereocenters. The molecule has 0 unspecified atom stereocenters. The Morgan fingerprint density at radius 2 is 1.52 bits per heavy atom. The van der Waals surface area contributed by atoms with Gasteiger partial charge in [0.1, 0.15) is 0 Å². The van der Waals surface area contributed by atoms with Gasteiger partial charge in [0.05, 0.1) is 17.5 Å². The zero-order chi connectivity index (χ0) is 26.8. The number of aryl methyl sites for hydroxylation is 3. The molecule has 40 heavy (non-hydrogen) atoms. The van der Waals surface area contributed by atoms with Gasteiger partial charge in [0.15, 0.2) is 5.58 Å². The number of aromatic nitrogens is 3. The van der Waals surface area contributed by atoms with Crippen LogP contribution in [0.3, 0.4) is 0 Å². The first-order valence-electron chi connectivity index (χ1n) is 12.9. The van der Waals surface area contributed by atoms with Crippen molar-refractivity contribution in [1.29, 1.82) is 0 Å². The fraction of sp³-hybridized carbons (Fsp3) is 0.0857. The topological polar surface area (TPSA) is 43.3 Å². The Labute approximate surface area is 247 Å². The fourth-order valence-electron chi connectivity index (χ4n) is 4.50. The molecule has 5 heteroatoms. The Hall–Kier alpha value is -4.31. The first-order chi connectivity index (χ1) is 19.1. The third kappa shape index (κ3) is 5.53. The van der Waals surface area contributed by atoms with Gasteiger partial charge < -0.3 is 13.8 Å². The number of pyridine rings is 1. The first kappa shape index (κ1) is 27.3. The molecule has 4 aromatic carbocycles. The molecule has 0 bridgehead atoms. The first-order valence-corrected chi connectivity index (χ1v) is 12.9. The molecular formula is C35H27IrN3O-2. The van der Waals surface area contributed by atoms with Crippen molar-refractivity contribution in [3.63, 3.8) is 0 Å². The van der Waals surface area contributed by atoms with Crippen LogP contribution in [0.25, 0.3) is 50.6 Å². The summed E-state index contributed by atoms with van der Waals surface area (Å²) < 4.78 is 8.04. The van der Waals surface area contributed by atoms with E-state index in [4.69, 9.17) is 4.42 Å². The maximum absolute atomic E-state index is 6.00. The van der Waals surface area contributed by atoms with Crippen LogP contribution in [0.5, 0.6) is 0 Å². The average Bonchev–Trinajstić information content (AvgIpc) is 3.55. The number of oxazole rings is 1. The maximum atomic E-state index is 6.00. The van der Waals surface area contributed by atoms with Gasteiger partial charge in [-0.25, -0.2) is 0 Å². The van der Waals surface area contributed by atoms with Gasteiger partial charge >= 0.3 is 0 Å². The van der Waals surface area contributed by atoms with E-state index in [0.29, 0.717) is 0 Å². The summed E-state index contributed by atoms with van der Waals surface area (Å²) in [4.78, 5) is 8.90. The molecule has 0 aliphatic rings. The summed E-state index contributed by atoms with van der Waals surface area (Å²) in [6, 6.07) is 39.1. The normalized spacial score (nSPS) is 10.7. The van der Waals surface area contributed by atoms with Gasteiger partial charge in [-0.3, -0.25) is 4.98 Å². The largest absolute Gasteiger partial charge is 0.437 e. The molecule has 7 aromatic rings. The monoisotopic (exact) mass is 698 g/mol. The van der Waals surface area contributed by atoms with Gasteiger partial charge in [0, 0.05) is 26.3 Å². The minimum Gasteiger partial charge on any atom is -0.437 e. The van der Waals surface area contributed by atoms with Gasteiger partial charge in [-0.1, -0.05) is 55.0 Å². The number of nitrogens with zero attached hydrogens (tertiary/aromatic N) is 3. The number of imidazole rings is 1. The summed E-state index contributed by atoms with van der Waals surface area (Å²) in [6.07, 6.45) is 3.68. The summed E-state index contributed by atoms with van der Waals surface area (Å²) in [6.45, 7) is 6.24. The predicted molar refractivity (Wildman–Crippen MR) is 157 cm³/mol. The second-order valence-corrected chi connectivity index (χ2v) is 9.62. The summed E-state index contributed by atoms with van der Waals surface area (Å²) in [7, 11) is 0. The van der Waals surface area contributed by atoms with Crippen LogP contribution in [-0.4, -0.2) is 14.4 Å². The van der Waals surface area contributed by atoms with Crippen molar-refractivity contribution >= 4 is 16.8 Å². The van der Waals surface area contributed by atoms with Crippen LogP contribution in [0.15, 0.2) is 114 Å². The SMILES string of the molecule is Cc1c[c-]c(-c2cc(C)c(C)cn2)cc1.[Ir].[c-]1ccccc1-c1ncc2oc3cc(-c4ccccc4)ccc3n12. The Morgan fingerprint density at radius 3 is 2.25 bits per heavy atom. The van der Waals surface area contributed by atoms with Crippen LogP contribution in [0.1, 0.15) is 16.7 Å². The standard InChI is InChI=1S/C21H13N2O.C14H14N.Ir/c1-3-7-15(8-4-1)17-11-12-18-19(13-17)24-20-14-22-21(23(18)20)16-9-5-2-6-10-16;1-10-4-6-13(7-5-10)14-8-11(2)12(3)9-15-14;/h1-9,11-14H;4-6,8-9H,1-3H3;/q2*-1;. The molecule has 0 N–H and O–H groups in total. The number of fused-ring (bicyclic) bond motifs is 3. The van der Waals surface area contributed by atoms with Crippen LogP contribution in [0.4, 0.5) is 0 Å². The third-order valence-electron chi connectivity index (χ3n) is 6.82. The van der Waals surface area contributed by atoms with Crippen molar-refractivity contribution in [2.75, 3.05) is 0 Å².